The smallest absolute Gasteiger partial charge is 0.0995 e. The topological polar surface area (TPSA) is 48.5 Å². The third-order valence-corrected chi connectivity index (χ3v) is 6.11. The number of aromatic nitrogens is 5. The molecule has 5 heteroatoms. The van der Waals surface area contributed by atoms with Crippen molar-refractivity contribution in [2.24, 2.45) is 0 Å². The summed E-state index contributed by atoms with van der Waals surface area (Å²) in [6.07, 6.45) is 8.15. The molecule has 32 heavy (non-hydrogen) atoms. The van der Waals surface area contributed by atoms with Crippen molar-refractivity contribution in [3.05, 3.63) is 89.8 Å². The third kappa shape index (κ3) is 4.98. The summed E-state index contributed by atoms with van der Waals surface area (Å²) in [6.45, 7) is 11.0. The molecule has 0 radical (unpaired) electrons. The highest BCUT2D eigenvalue weighted by Crippen LogP contribution is 2.23. The van der Waals surface area contributed by atoms with Crippen LogP contribution in [0.1, 0.15) is 81.3 Å². The molecule has 0 saturated carbocycles. The van der Waals surface area contributed by atoms with Crippen molar-refractivity contribution in [3.63, 3.8) is 0 Å². The Labute approximate surface area is 191 Å². The van der Waals surface area contributed by atoms with Crippen molar-refractivity contribution in [3.8, 4) is 11.4 Å². The van der Waals surface area contributed by atoms with Gasteiger partial charge in [-0.3, -0.25) is 0 Å². The SMILES string of the molecule is CC(C)c1ccc(-n2cnc(C(C)CCc3cccc(-n4cc(C(C)C)nn4)c3)c2)cc1. The quantitative estimate of drug-likeness (QED) is 0.325. The monoisotopic (exact) mass is 427 g/mol. The van der Waals surface area contributed by atoms with Gasteiger partial charge in [0.15, 0.2) is 0 Å². The van der Waals surface area contributed by atoms with Crippen LogP contribution >= 0.6 is 0 Å². The molecule has 166 valence electrons. The maximum absolute atomic E-state index is 4.69. The first kappa shape index (κ1) is 22.0. The molecule has 0 spiro atoms. The average Bonchev–Trinajstić information content (AvgIpc) is 3.48. The molecule has 0 saturated heterocycles. The molecule has 5 nitrogen and oxygen atoms in total. The molecular weight excluding hydrogens is 394 g/mol. The molecule has 4 aromatic rings. The molecule has 0 amide bonds. The van der Waals surface area contributed by atoms with Crippen LogP contribution < -0.4 is 0 Å². The lowest BCUT2D eigenvalue weighted by atomic mass is 9.98. The van der Waals surface area contributed by atoms with Crippen LogP contribution in [-0.2, 0) is 6.42 Å². The summed E-state index contributed by atoms with van der Waals surface area (Å²) in [4.78, 5) is 4.69. The Hall–Kier alpha value is -3.21. The highest BCUT2D eigenvalue weighted by atomic mass is 15.4. The van der Waals surface area contributed by atoms with Gasteiger partial charge in [-0.15, -0.1) is 5.10 Å². The van der Waals surface area contributed by atoms with Crippen LogP contribution in [-0.4, -0.2) is 24.5 Å². The van der Waals surface area contributed by atoms with Gasteiger partial charge in [0.05, 0.1) is 29.6 Å². The molecule has 0 fully saturated rings. The second kappa shape index (κ2) is 9.51. The summed E-state index contributed by atoms with van der Waals surface area (Å²) in [7, 11) is 0. The van der Waals surface area contributed by atoms with Crippen LogP contribution in [0, 0.1) is 0 Å². The zero-order chi connectivity index (χ0) is 22.7. The van der Waals surface area contributed by atoms with Crippen LogP contribution in [0.2, 0.25) is 0 Å². The van der Waals surface area contributed by atoms with E-state index in [0.29, 0.717) is 17.8 Å². The number of hydrogen-bond donors (Lipinski definition) is 0. The summed E-state index contributed by atoms with van der Waals surface area (Å²) in [6, 6.07) is 17.3. The van der Waals surface area contributed by atoms with Crippen molar-refractivity contribution in [2.45, 2.75) is 65.2 Å². The molecule has 2 aromatic carbocycles. The molecule has 1 atom stereocenters. The Morgan fingerprint density at radius 2 is 1.59 bits per heavy atom. The third-order valence-electron chi connectivity index (χ3n) is 6.11. The lowest BCUT2D eigenvalue weighted by molar-refractivity contribution is 0.663. The highest BCUT2D eigenvalue weighted by molar-refractivity contribution is 5.37. The zero-order valence-corrected chi connectivity index (χ0v) is 19.7. The largest absolute Gasteiger partial charge is 0.306 e. The van der Waals surface area contributed by atoms with Gasteiger partial charge in [-0.25, -0.2) is 9.67 Å². The minimum absolute atomic E-state index is 0.376. The maximum Gasteiger partial charge on any atom is 0.0995 e. The lowest BCUT2D eigenvalue weighted by Gasteiger charge is -2.10. The van der Waals surface area contributed by atoms with Gasteiger partial charge in [0.1, 0.15) is 0 Å². The van der Waals surface area contributed by atoms with E-state index in [4.69, 9.17) is 0 Å². The second-order valence-electron chi connectivity index (χ2n) is 9.30. The number of hydrogen-bond acceptors (Lipinski definition) is 3. The number of nitrogens with zero attached hydrogens (tertiary/aromatic N) is 5. The predicted octanol–water partition coefficient (Wildman–Crippen LogP) is 6.44. The van der Waals surface area contributed by atoms with Crippen molar-refractivity contribution < 1.29 is 0 Å². The molecule has 0 aliphatic heterocycles. The van der Waals surface area contributed by atoms with E-state index < -0.39 is 0 Å². The van der Waals surface area contributed by atoms with E-state index in [0.717, 1.165) is 35.6 Å². The Balaban J connectivity index is 1.40. The predicted molar refractivity (Wildman–Crippen MR) is 130 cm³/mol. The van der Waals surface area contributed by atoms with Gasteiger partial charge in [-0.1, -0.05) is 64.1 Å². The molecule has 2 heterocycles. The Morgan fingerprint density at radius 3 is 2.28 bits per heavy atom. The van der Waals surface area contributed by atoms with Gasteiger partial charge >= 0.3 is 0 Å². The second-order valence-corrected chi connectivity index (χ2v) is 9.30. The Bertz CT molecular complexity index is 1150. The van der Waals surface area contributed by atoms with E-state index in [2.05, 4.69) is 109 Å². The first-order valence-electron chi connectivity index (χ1n) is 11.6. The Kier molecular flexibility index (Phi) is 6.54. The summed E-state index contributed by atoms with van der Waals surface area (Å²) in [5, 5.41) is 8.57. The minimum atomic E-state index is 0.376. The lowest BCUT2D eigenvalue weighted by Crippen LogP contribution is -1.99. The van der Waals surface area contributed by atoms with E-state index in [1.54, 1.807) is 0 Å². The molecular formula is C27H33N5. The maximum atomic E-state index is 4.69. The van der Waals surface area contributed by atoms with Crippen LogP contribution in [0.25, 0.3) is 11.4 Å². The summed E-state index contributed by atoms with van der Waals surface area (Å²) < 4.78 is 3.99. The van der Waals surface area contributed by atoms with Crippen LogP contribution in [0.4, 0.5) is 0 Å². The van der Waals surface area contributed by atoms with Crippen molar-refractivity contribution >= 4 is 0 Å². The number of imidazole rings is 1. The van der Waals surface area contributed by atoms with E-state index in [1.165, 1.54) is 11.1 Å². The van der Waals surface area contributed by atoms with E-state index in [9.17, 15) is 0 Å². The molecule has 1 unspecified atom stereocenters. The fourth-order valence-electron chi connectivity index (χ4n) is 3.82. The van der Waals surface area contributed by atoms with Crippen molar-refractivity contribution in [1.82, 2.24) is 24.5 Å². The molecule has 0 aliphatic rings. The normalized spacial score (nSPS) is 12.6. The summed E-state index contributed by atoms with van der Waals surface area (Å²) in [5.74, 6) is 1.30. The number of aryl methyl sites for hydroxylation is 1. The summed E-state index contributed by atoms with van der Waals surface area (Å²) in [5.41, 5.74) is 7.02. The Morgan fingerprint density at radius 1 is 0.812 bits per heavy atom. The van der Waals surface area contributed by atoms with Gasteiger partial charge in [-0.2, -0.15) is 0 Å². The summed E-state index contributed by atoms with van der Waals surface area (Å²) >= 11 is 0. The van der Waals surface area contributed by atoms with Crippen LogP contribution in [0.3, 0.4) is 0 Å². The number of rotatable bonds is 8. The van der Waals surface area contributed by atoms with E-state index in [1.807, 2.05) is 17.2 Å². The van der Waals surface area contributed by atoms with Crippen LogP contribution in [0.15, 0.2) is 67.3 Å². The van der Waals surface area contributed by atoms with E-state index in [-0.39, 0.29) is 0 Å². The van der Waals surface area contributed by atoms with Gasteiger partial charge in [0.2, 0.25) is 0 Å². The zero-order valence-electron chi connectivity index (χ0n) is 19.7. The van der Waals surface area contributed by atoms with Gasteiger partial charge in [0, 0.05) is 17.8 Å². The molecule has 0 bridgehead atoms. The molecule has 0 N–H and O–H groups in total. The number of benzene rings is 2. The average molecular weight is 428 g/mol. The first-order valence-corrected chi connectivity index (χ1v) is 11.6. The highest BCUT2D eigenvalue weighted by Gasteiger charge is 2.12. The van der Waals surface area contributed by atoms with Crippen LogP contribution in [0.5, 0.6) is 0 Å². The van der Waals surface area contributed by atoms with Gasteiger partial charge in [-0.05, 0) is 60.1 Å². The van der Waals surface area contributed by atoms with Gasteiger partial charge in [0.25, 0.3) is 0 Å². The minimum Gasteiger partial charge on any atom is -0.306 e. The van der Waals surface area contributed by atoms with Gasteiger partial charge < -0.3 is 4.57 Å². The van der Waals surface area contributed by atoms with Crippen molar-refractivity contribution in [1.29, 1.82) is 0 Å². The first-order chi connectivity index (χ1) is 15.4. The fourth-order valence-corrected chi connectivity index (χ4v) is 3.82. The molecule has 2 aromatic heterocycles. The molecule has 0 aliphatic carbocycles. The standard InChI is InChI=1S/C27H33N5/c1-19(2)23-11-13-24(14-12-23)31-16-27(28-18-31)21(5)9-10-22-7-6-8-25(15-22)32-17-26(20(3)4)29-30-32/h6-8,11-21H,9-10H2,1-5H3. The molecule has 4 rings (SSSR count). The van der Waals surface area contributed by atoms with E-state index >= 15 is 0 Å². The fraction of sp³-hybridized carbons (Fsp3) is 0.370. The van der Waals surface area contributed by atoms with Crippen molar-refractivity contribution in [2.75, 3.05) is 0 Å².